The predicted molar refractivity (Wildman–Crippen MR) is 115 cm³/mol. The molecule has 2 aromatic carbocycles. The second kappa shape index (κ2) is 7.94. The fourth-order valence-corrected chi connectivity index (χ4v) is 9.27. The second-order valence-electron chi connectivity index (χ2n) is 8.00. The van der Waals surface area contributed by atoms with Crippen LogP contribution in [0.25, 0.3) is 0 Å². The van der Waals surface area contributed by atoms with Crippen molar-refractivity contribution < 1.29 is 21.2 Å². The van der Waals surface area contributed by atoms with Gasteiger partial charge in [-0.1, -0.05) is 18.2 Å². The van der Waals surface area contributed by atoms with E-state index >= 15 is 0 Å². The van der Waals surface area contributed by atoms with E-state index in [2.05, 4.69) is 4.90 Å². The third kappa shape index (κ3) is 4.10. The summed E-state index contributed by atoms with van der Waals surface area (Å²) in [4.78, 5) is 4.19. The zero-order chi connectivity index (χ0) is 21.5. The third-order valence-electron chi connectivity index (χ3n) is 6.03. The van der Waals surface area contributed by atoms with Crippen LogP contribution in [0.2, 0.25) is 0 Å². The number of rotatable bonds is 4. The molecule has 2 saturated heterocycles. The Morgan fingerprint density at radius 3 is 2.27 bits per heavy atom. The van der Waals surface area contributed by atoms with Gasteiger partial charge in [0.05, 0.1) is 21.7 Å². The number of aryl methyl sites for hydroxylation is 1. The van der Waals surface area contributed by atoms with Crippen LogP contribution in [-0.4, -0.2) is 70.7 Å². The van der Waals surface area contributed by atoms with Crippen molar-refractivity contribution in [3.05, 3.63) is 59.9 Å². The molecule has 162 valence electrons. The van der Waals surface area contributed by atoms with Crippen molar-refractivity contribution >= 4 is 25.4 Å². The lowest BCUT2D eigenvalue weighted by molar-refractivity contribution is 0.201. The van der Waals surface area contributed by atoms with Gasteiger partial charge in [0.15, 0.2) is 19.7 Å². The van der Waals surface area contributed by atoms with Crippen LogP contribution in [0.4, 0.5) is 10.1 Å². The Labute approximate surface area is 177 Å². The topological polar surface area (TPSA) is 74.8 Å². The molecule has 2 aromatic rings. The van der Waals surface area contributed by atoms with Crippen LogP contribution < -0.4 is 4.90 Å². The molecule has 0 aliphatic carbocycles. The molecule has 2 aliphatic heterocycles. The Kier molecular flexibility index (Phi) is 5.63. The van der Waals surface area contributed by atoms with E-state index in [1.54, 1.807) is 0 Å². The lowest BCUT2D eigenvalue weighted by Crippen LogP contribution is -2.55. The monoisotopic (exact) mass is 452 g/mol. The molecular formula is C21H25FN2O4S2. The largest absolute Gasteiger partial charge is 0.369 e. The first kappa shape index (κ1) is 21.3. The first-order valence-corrected chi connectivity index (χ1v) is 13.3. The summed E-state index contributed by atoms with van der Waals surface area (Å²) in [6, 6.07) is 13.0. The Bertz CT molecular complexity index is 1130. The van der Waals surface area contributed by atoms with Gasteiger partial charge < -0.3 is 4.90 Å². The number of hydrogen-bond acceptors (Lipinski definition) is 6. The Hall–Kier alpha value is -1.97. The zero-order valence-corrected chi connectivity index (χ0v) is 18.4. The van der Waals surface area contributed by atoms with Gasteiger partial charge in [-0.05, 0) is 42.8 Å². The Morgan fingerprint density at radius 2 is 1.63 bits per heavy atom. The number of para-hydroxylation sites is 1. The maximum absolute atomic E-state index is 13.6. The molecule has 6 nitrogen and oxygen atoms in total. The molecule has 2 unspecified atom stereocenters. The van der Waals surface area contributed by atoms with E-state index in [0.29, 0.717) is 26.2 Å². The average molecular weight is 453 g/mol. The second-order valence-corrected chi connectivity index (χ2v) is 12.3. The predicted octanol–water partition coefficient (Wildman–Crippen LogP) is 1.90. The van der Waals surface area contributed by atoms with Crippen LogP contribution in [0.15, 0.2) is 53.4 Å². The van der Waals surface area contributed by atoms with Gasteiger partial charge in [0.1, 0.15) is 5.82 Å². The minimum atomic E-state index is -3.91. The molecule has 0 bridgehead atoms. The number of sulfone groups is 2. The highest BCUT2D eigenvalue weighted by molar-refractivity contribution is 7.96. The smallest absolute Gasteiger partial charge is 0.183 e. The van der Waals surface area contributed by atoms with Gasteiger partial charge in [-0.15, -0.1) is 0 Å². The van der Waals surface area contributed by atoms with Crippen LogP contribution in [-0.2, 0) is 19.7 Å². The van der Waals surface area contributed by atoms with Crippen molar-refractivity contribution in [1.29, 1.82) is 0 Å². The summed E-state index contributed by atoms with van der Waals surface area (Å²) < 4.78 is 65.1. The van der Waals surface area contributed by atoms with E-state index in [-0.39, 0.29) is 16.2 Å². The molecular weight excluding hydrogens is 427 g/mol. The van der Waals surface area contributed by atoms with Gasteiger partial charge >= 0.3 is 0 Å². The van der Waals surface area contributed by atoms with Gasteiger partial charge in [-0.25, -0.2) is 21.2 Å². The van der Waals surface area contributed by atoms with Gasteiger partial charge in [0.25, 0.3) is 0 Å². The molecule has 0 N–H and O–H groups in total. The minimum absolute atomic E-state index is 0.0172. The number of piperazine rings is 1. The molecule has 30 heavy (non-hydrogen) atoms. The summed E-state index contributed by atoms with van der Waals surface area (Å²) in [5.41, 5.74) is 1.33. The molecule has 2 atom stereocenters. The fourth-order valence-electron chi connectivity index (χ4n) is 4.35. The van der Waals surface area contributed by atoms with Crippen LogP contribution in [0.5, 0.6) is 0 Å². The van der Waals surface area contributed by atoms with E-state index in [0.717, 1.165) is 11.8 Å². The number of halogens is 1. The van der Waals surface area contributed by atoms with Crippen molar-refractivity contribution in [2.75, 3.05) is 42.6 Å². The van der Waals surface area contributed by atoms with Crippen molar-refractivity contribution in [3.8, 4) is 0 Å². The van der Waals surface area contributed by atoms with Gasteiger partial charge in [0.2, 0.25) is 0 Å². The normalized spacial score (nSPS) is 24.8. The van der Waals surface area contributed by atoms with E-state index in [9.17, 15) is 21.2 Å². The van der Waals surface area contributed by atoms with E-state index < -0.39 is 42.5 Å². The highest BCUT2D eigenvalue weighted by Crippen LogP contribution is 2.31. The quantitative estimate of drug-likeness (QED) is 0.660. The fraction of sp³-hybridized carbons (Fsp3) is 0.429. The van der Waals surface area contributed by atoms with Gasteiger partial charge in [0, 0.05) is 37.9 Å². The lowest BCUT2D eigenvalue weighted by atomic mass is 10.1. The molecule has 4 rings (SSSR count). The summed E-state index contributed by atoms with van der Waals surface area (Å²) >= 11 is 0. The van der Waals surface area contributed by atoms with Gasteiger partial charge in [-0.2, -0.15) is 0 Å². The van der Waals surface area contributed by atoms with E-state index in [1.807, 2.05) is 35.2 Å². The minimum Gasteiger partial charge on any atom is -0.369 e. The summed E-state index contributed by atoms with van der Waals surface area (Å²) in [5, 5.41) is -1.05. The number of nitrogens with zero attached hydrogens (tertiary/aromatic N) is 2. The highest BCUT2D eigenvalue weighted by Gasteiger charge is 2.48. The van der Waals surface area contributed by atoms with Gasteiger partial charge in [-0.3, -0.25) is 4.90 Å². The molecule has 9 heteroatoms. The maximum atomic E-state index is 13.6. The molecule has 0 saturated carbocycles. The number of benzene rings is 2. The van der Waals surface area contributed by atoms with Crippen molar-refractivity contribution in [2.45, 2.75) is 23.1 Å². The average Bonchev–Trinajstić information content (AvgIpc) is 3.07. The summed E-state index contributed by atoms with van der Waals surface area (Å²) in [5.74, 6) is -1.04. The van der Waals surface area contributed by atoms with Crippen LogP contribution in [0.3, 0.4) is 0 Å². The SMILES string of the molecule is Cc1cc(S(=O)(=O)C2CS(=O)(=O)CC2N2CCN(c3ccccc3)CC2)ccc1F. The van der Waals surface area contributed by atoms with Crippen molar-refractivity contribution in [2.24, 2.45) is 0 Å². The molecule has 2 fully saturated rings. The molecule has 2 aliphatic rings. The Morgan fingerprint density at radius 1 is 0.967 bits per heavy atom. The zero-order valence-electron chi connectivity index (χ0n) is 16.7. The molecule has 0 aromatic heterocycles. The van der Waals surface area contributed by atoms with Crippen LogP contribution in [0, 0.1) is 12.7 Å². The first-order chi connectivity index (χ1) is 14.2. The van der Waals surface area contributed by atoms with Crippen LogP contribution in [0.1, 0.15) is 5.56 Å². The van der Waals surface area contributed by atoms with Crippen LogP contribution >= 0.6 is 0 Å². The van der Waals surface area contributed by atoms with E-state index in [1.165, 1.54) is 19.1 Å². The number of anilines is 1. The number of hydrogen-bond donors (Lipinski definition) is 0. The molecule has 0 spiro atoms. The maximum Gasteiger partial charge on any atom is 0.183 e. The standard InChI is InChI=1S/C21H25FN2O4S2/c1-16-13-18(7-8-19(16)22)30(27,28)21-15-29(25,26)14-20(21)24-11-9-23(10-12-24)17-5-3-2-4-6-17/h2-8,13,20-21H,9-12,14-15H2,1H3. The lowest BCUT2D eigenvalue weighted by Gasteiger charge is -2.40. The molecule has 0 amide bonds. The highest BCUT2D eigenvalue weighted by atomic mass is 32.2. The van der Waals surface area contributed by atoms with Crippen molar-refractivity contribution in [3.63, 3.8) is 0 Å². The third-order valence-corrected chi connectivity index (χ3v) is 10.1. The summed E-state index contributed by atoms with van der Waals surface area (Å²) in [7, 11) is -7.39. The van der Waals surface area contributed by atoms with E-state index in [4.69, 9.17) is 0 Å². The summed E-state index contributed by atoms with van der Waals surface area (Å²) in [6.07, 6.45) is 0. The first-order valence-electron chi connectivity index (χ1n) is 9.92. The Balaban J connectivity index is 1.57. The summed E-state index contributed by atoms with van der Waals surface area (Å²) in [6.45, 7) is 4.07. The molecule has 0 radical (unpaired) electrons. The van der Waals surface area contributed by atoms with Crippen molar-refractivity contribution in [1.82, 2.24) is 4.90 Å². The molecule has 2 heterocycles.